The number of benzene rings is 1. The van der Waals surface area contributed by atoms with Crippen molar-refractivity contribution in [2.75, 3.05) is 6.61 Å². The van der Waals surface area contributed by atoms with E-state index in [2.05, 4.69) is 43.9 Å². The molecular formula is C42H46N4O3. The number of carboxylic acids is 1. The topological polar surface area (TPSA) is 96.0 Å². The van der Waals surface area contributed by atoms with E-state index in [0.29, 0.717) is 0 Å². The van der Waals surface area contributed by atoms with E-state index in [9.17, 15) is 4.79 Å². The Morgan fingerprint density at radius 3 is 1.69 bits per heavy atom. The molecule has 8 bridgehead atoms. The van der Waals surface area contributed by atoms with E-state index in [0.717, 1.165) is 75.5 Å². The molecule has 7 nitrogen and oxygen atoms in total. The molecule has 0 fully saturated rings. The van der Waals surface area contributed by atoms with Crippen molar-refractivity contribution in [2.45, 2.75) is 78.1 Å². The van der Waals surface area contributed by atoms with Gasteiger partial charge in [0.15, 0.2) is 0 Å². The minimum atomic E-state index is -0.935. The number of para-hydroxylation sites is 1. The van der Waals surface area contributed by atoms with Crippen LogP contribution in [-0.2, 0) is 4.79 Å². The molecule has 0 atom stereocenters. The van der Waals surface area contributed by atoms with E-state index in [-0.39, 0.29) is 5.57 Å². The van der Waals surface area contributed by atoms with Crippen molar-refractivity contribution in [2.24, 2.45) is 20.0 Å². The average molecular weight is 655 g/mol. The third kappa shape index (κ3) is 10.7. The first-order chi connectivity index (χ1) is 23.9. The van der Waals surface area contributed by atoms with Crippen LogP contribution in [0.4, 0.5) is 0 Å². The first-order valence-electron chi connectivity index (χ1n) is 17.5. The number of hydrogen-bond acceptors (Lipinski definition) is 6. The summed E-state index contributed by atoms with van der Waals surface area (Å²) in [6.07, 6.45) is 35.4. The van der Waals surface area contributed by atoms with Crippen molar-refractivity contribution in [3.05, 3.63) is 132 Å². The fourth-order valence-electron chi connectivity index (χ4n) is 5.70. The van der Waals surface area contributed by atoms with Crippen molar-refractivity contribution in [1.29, 1.82) is 0 Å². The summed E-state index contributed by atoms with van der Waals surface area (Å²) in [4.78, 5) is 28.9. The van der Waals surface area contributed by atoms with Crippen LogP contribution < -0.4 is 4.74 Å². The molecular weight excluding hydrogens is 608 g/mol. The van der Waals surface area contributed by atoms with Gasteiger partial charge in [-0.3, -0.25) is 0 Å². The number of ether oxygens (including phenoxy) is 1. The van der Waals surface area contributed by atoms with Gasteiger partial charge in [0.25, 0.3) is 0 Å². The lowest BCUT2D eigenvalue weighted by Crippen LogP contribution is -2.01. The largest absolute Gasteiger partial charge is 0.493 e. The number of nitrogens with zero attached hydrogens (tertiary/aromatic N) is 4. The van der Waals surface area contributed by atoms with Crippen LogP contribution in [0.15, 0.2) is 146 Å². The maximum absolute atomic E-state index is 9.60. The van der Waals surface area contributed by atoms with Gasteiger partial charge in [-0.2, -0.15) is 0 Å². The summed E-state index contributed by atoms with van der Waals surface area (Å²) in [5.74, 6) is -0.0430. The second-order valence-electron chi connectivity index (χ2n) is 12.6. The normalized spacial score (nSPS) is 16.7. The summed E-state index contributed by atoms with van der Waals surface area (Å²) in [6.45, 7) is 7.60. The molecule has 1 aromatic carbocycles. The van der Waals surface area contributed by atoms with Crippen LogP contribution in [0.2, 0.25) is 0 Å². The lowest BCUT2D eigenvalue weighted by molar-refractivity contribution is -0.132. The summed E-state index contributed by atoms with van der Waals surface area (Å²) in [5, 5.41) is 7.89. The zero-order valence-corrected chi connectivity index (χ0v) is 28.7. The van der Waals surface area contributed by atoms with Crippen molar-refractivity contribution < 1.29 is 14.6 Å². The number of rotatable bonds is 14. The quantitative estimate of drug-likeness (QED) is 0.160. The Hall–Kier alpha value is -5.17. The van der Waals surface area contributed by atoms with Gasteiger partial charge in [0.05, 0.1) is 52.2 Å². The summed E-state index contributed by atoms with van der Waals surface area (Å²) < 4.78 is 6.37. The maximum atomic E-state index is 9.60. The fourth-order valence-corrected chi connectivity index (χ4v) is 5.70. The van der Waals surface area contributed by atoms with Crippen LogP contribution in [0.1, 0.15) is 83.6 Å². The van der Waals surface area contributed by atoms with Gasteiger partial charge < -0.3 is 9.84 Å². The molecule has 252 valence electrons. The summed E-state index contributed by atoms with van der Waals surface area (Å²) in [7, 11) is 0. The minimum absolute atomic E-state index is 0.176. The second-order valence-corrected chi connectivity index (χ2v) is 12.6. The van der Waals surface area contributed by atoms with E-state index >= 15 is 0 Å². The number of unbranched alkanes of at least 4 members (excludes halogenated alkanes) is 9. The molecule has 6 rings (SSSR count). The molecule has 0 aromatic heterocycles. The van der Waals surface area contributed by atoms with E-state index < -0.39 is 5.97 Å². The third-order valence-corrected chi connectivity index (χ3v) is 8.34. The van der Waals surface area contributed by atoms with Gasteiger partial charge in [-0.05, 0) is 86.2 Å². The van der Waals surface area contributed by atoms with Crippen molar-refractivity contribution in [1.82, 2.24) is 0 Å². The molecule has 0 aliphatic carbocycles. The molecule has 49 heavy (non-hydrogen) atoms. The highest BCUT2D eigenvalue weighted by atomic mass is 16.5. The summed E-state index contributed by atoms with van der Waals surface area (Å²) in [6, 6.07) is 8.30. The standard InChI is InChI=1S/C38H40N4O.C4H6O2/c1-2-3-4-5-6-7-8-9-10-13-22-43-38-15-12-11-14-35(38)36-26-34-25-32-19-18-30(40-32)23-28-16-17-29(39-28)24-31-20-21-33(41-31)27-37(36)42-34;1-3(2)4(5)6/h11-12,14-21,23-27H,2-10,13,22H2,1H3;1H2,2H3,(H,5,6). The predicted molar refractivity (Wildman–Crippen MR) is 204 cm³/mol. The Labute approximate surface area is 290 Å². The van der Waals surface area contributed by atoms with Gasteiger partial charge in [0.2, 0.25) is 0 Å². The Morgan fingerprint density at radius 1 is 0.653 bits per heavy atom. The van der Waals surface area contributed by atoms with Crippen LogP contribution >= 0.6 is 0 Å². The summed E-state index contributed by atoms with van der Waals surface area (Å²) in [5.41, 5.74) is 9.21. The molecule has 7 heteroatoms. The first kappa shape index (κ1) is 35.1. The minimum Gasteiger partial charge on any atom is -0.493 e. The highest BCUT2D eigenvalue weighted by Crippen LogP contribution is 2.36. The van der Waals surface area contributed by atoms with E-state index in [4.69, 9.17) is 29.8 Å². The van der Waals surface area contributed by atoms with Gasteiger partial charge in [-0.25, -0.2) is 24.8 Å². The lowest BCUT2D eigenvalue weighted by atomic mass is 10.0. The van der Waals surface area contributed by atoms with Gasteiger partial charge in [-0.1, -0.05) is 89.5 Å². The molecule has 5 heterocycles. The molecule has 1 N–H and O–H groups in total. The number of allylic oxidation sites excluding steroid dienone is 12. The number of hydrogen-bond donors (Lipinski definition) is 1. The number of fused-ring (bicyclic) bond motifs is 4. The van der Waals surface area contributed by atoms with Crippen LogP contribution in [0.3, 0.4) is 0 Å². The number of carboxylic acid groups (broad SMARTS) is 1. The number of aliphatic carboxylic acids is 1. The zero-order chi connectivity index (χ0) is 34.4. The fraction of sp³-hybridized carbons (Fsp3) is 0.310. The molecule has 0 spiro atoms. The molecule has 0 unspecified atom stereocenters. The van der Waals surface area contributed by atoms with Crippen LogP contribution in [-0.4, -0.2) is 40.5 Å². The van der Waals surface area contributed by atoms with Crippen LogP contribution in [0, 0.1) is 0 Å². The van der Waals surface area contributed by atoms with Crippen LogP contribution in [0.25, 0.3) is 5.57 Å². The molecule has 0 radical (unpaired) electrons. The highest BCUT2D eigenvalue weighted by Gasteiger charge is 2.21. The molecule has 0 saturated heterocycles. The zero-order valence-electron chi connectivity index (χ0n) is 28.7. The number of carbonyl (C=O) groups is 1. The predicted octanol–water partition coefficient (Wildman–Crippen LogP) is 10.1. The van der Waals surface area contributed by atoms with E-state index in [1.807, 2.05) is 60.8 Å². The monoisotopic (exact) mass is 654 g/mol. The van der Waals surface area contributed by atoms with Crippen molar-refractivity contribution in [3.63, 3.8) is 0 Å². The molecule has 1 aromatic rings. The number of aliphatic imine (C=N–C) groups is 4. The first-order valence-corrected chi connectivity index (χ1v) is 17.5. The van der Waals surface area contributed by atoms with E-state index in [1.54, 1.807) is 0 Å². The van der Waals surface area contributed by atoms with Crippen molar-refractivity contribution in [3.8, 4) is 5.75 Å². The second kappa shape index (κ2) is 17.8. The Morgan fingerprint density at radius 2 is 1.14 bits per heavy atom. The molecule has 5 aliphatic rings. The van der Waals surface area contributed by atoms with Gasteiger partial charge in [0, 0.05) is 16.7 Å². The SMILES string of the molecule is C=C(C)C(=O)O.CCCCCCCCCCCCOc1ccccc1C1=CC2=NC1=CC1=NC(=CC3=NC(=CC4=NC(=C2)C=C4)C=C3)C=C1. The van der Waals surface area contributed by atoms with Crippen molar-refractivity contribution >= 4 is 34.4 Å². The Balaban J connectivity index is 0.000000717. The maximum Gasteiger partial charge on any atom is 0.330 e. The summed E-state index contributed by atoms with van der Waals surface area (Å²) >= 11 is 0. The molecule has 5 aliphatic heterocycles. The molecule has 0 amide bonds. The van der Waals surface area contributed by atoms with Gasteiger partial charge in [-0.15, -0.1) is 0 Å². The average Bonchev–Trinajstić information content (AvgIpc) is 3.90. The Bertz CT molecular complexity index is 1810. The van der Waals surface area contributed by atoms with Gasteiger partial charge >= 0.3 is 5.97 Å². The smallest absolute Gasteiger partial charge is 0.330 e. The van der Waals surface area contributed by atoms with E-state index in [1.165, 1.54) is 64.7 Å². The molecule has 0 saturated carbocycles. The van der Waals surface area contributed by atoms with Gasteiger partial charge in [0.1, 0.15) is 5.75 Å². The third-order valence-electron chi connectivity index (χ3n) is 8.34. The van der Waals surface area contributed by atoms with Crippen LogP contribution in [0.5, 0.6) is 5.75 Å². The highest BCUT2D eigenvalue weighted by molar-refractivity contribution is 6.19. The lowest BCUT2D eigenvalue weighted by Gasteiger charge is -2.13. The Kier molecular flexibility index (Phi) is 12.8.